The van der Waals surface area contributed by atoms with Gasteiger partial charge >= 0.3 is 0 Å². The van der Waals surface area contributed by atoms with Gasteiger partial charge in [0.05, 0.1) is 0 Å². The first-order chi connectivity index (χ1) is 7.89. The monoisotopic (exact) mass is 216 g/mol. The highest BCUT2D eigenvalue weighted by atomic mass is 16.6. The molecule has 2 heterocycles. The molecular weight excluding hydrogens is 200 g/mol. The first-order valence-corrected chi connectivity index (χ1v) is 6.32. The van der Waals surface area contributed by atoms with Crippen molar-refractivity contribution in [3.8, 4) is 5.75 Å². The SMILES string of the molecule is c1ccc2c(c1)OC1(CCCCC1)C1OC21. The summed E-state index contributed by atoms with van der Waals surface area (Å²) >= 11 is 0. The lowest BCUT2D eigenvalue weighted by atomic mass is 9.79. The van der Waals surface area contributed by atoms with Gasteiger partial charge in [0.1, 0.15) is 23.6 Å². The maximum Gasteiger partial charge on any atom is 0.138 e. The number of rotatable bonds is 0. The van der Waals surface area contributed by atoms with Gasteiger partial charge < -0.3 is 9.47 Å². The van der Waals surface area contributed by atoms with Crippen LogP contribution in [-0.2, 0) is 4.74 Å². The van der Waals surface area contributed by atoms with E-state index in [0.717, 1.165) is 5.75 Å². The second kappa shape index (κ2) is 3.01. The first-order valence-electron chi connectivity index (χ1n) is 6.32. The molecule has 84 valence electrons. The Morgan fingerprint density at radius 2 is 1.88 bits per heavy atom. The second-order valence-electron chi connectivity index (χ2n) is 5.24. The number of fused-ring (bicyclic) bond motifs is 4. The summed E-state index contributed by atoms with van der Waals surface area (Å²) in [5.74, 6) is 1.06. The van der Waals surface area contributed by atoms with E-state index in [1.165, 1.54) is 37.7 Å². The number of benzene rings is 1. The molecule has 1 spiro atoms. The van der Waals surface area contributed by atoms with Gasteiger partial charge in [0.15, 0.2) is 0 Å². The van der Waals surface area contributed by atoms with Crippen molar-refractivity contribution in [2.45, 2.75) is 49.9 Å². The zero-order valence-corrected chi connectivity index (χ0v) is 9.32. The number of para-hydroxylation sites is 1. The Kier molecular flexibility index (Phi) is 1.70. The van der Waals surface area contributed by atoms with Gasteiger partial charge in [-0.3, -0.25) is 0 Å². The van der Waals surface area contributed by atoms with Gasteiger partial charge in [-0.1, -0.05) is 24.6 Å². The first kappa shape index (κ1) is 9.06. The summed E-state index contributed by atoms with van der Waals surface area (Å²) < 4.78 is 12.2. The molecule has 0 radical (unpaired) electrons. The van der Waals surface area contributed by atoms with E-state index in [1.54, 1.807) is 0 Å². The molecule has 1 aliphatic carbocycles. The summed E-state index contributed by atoms with van der Waals surface area (Å²) in [6.07, 6.45) is 6.92. The summed E-state index contributed by atoms with van der Waals surface area (Å²) in [5.41, 5.74) is 1.26. The van der Waals surface area contributed by atoms with Crippen molar-refractivity contribution in [1.82, 2.24) is 0 Å². The third-order valence-electron chi connectivity index (χ3n) is 4.25. The molecule has 16 heavy (non-hydrogen) atoms. The standard InChI is InChI=1S/C14H16O2/c1-4-8-14(9-5-1)13-12(15-13)10-6-2-3-7-11(10)16-14/h2-3,6-7,12-13H,1,4-5,8-9H2. The number of hydrogen-bond donors (Lipinski definition) is 0. The van der Waals surface area contributed by atoms with Gasteiger partial charge in [-0.15, -0.1) is 0 Å². The van der Waals surface area contributed by atoms with Crippen LogP contribution in [0, 0.1) is 0 Å². The summed E-state index contributed by atoms with van der Waals surface area (Å²) in [5, 5.41) is 0. The van der Waals surface area contributed by atoms with Crippen molar-refractivity contribution in [2.24, 2.45) is 0 Å². The van der Waals surface area contributed by atoms with Crippen LogP contribution in [-0.4, -0.2) is 11.7 Å². The van der Waals surface area contributed by atoms with Crippen molar-refractivity contribution < 1.29 is 9.47 Å². The third-order valence-corrected chi connectivity index (χ3v) is 4.25. The summed E-state index contributed by atoms with van der Waals surface area (Å²) in [6, 6.07) is 8.34. The molecule has 2 nitrogen and oxygen atoms in total. The Balaban J connectivity index is 1.75. The van der Waals surface area contributed by atoms with Crippen LogP contribution >= 0.6 is 0 Å². The van der Waals surface area contributed by atoms with Crippen LogP contribution in [0.4, 0.5) is 0 Å². The van der Waals surface area contributed by atoms with Gasteiger partial charge in [-0.25, -0.2) is 0 Å². The van der Waals surface area contributed by atoms with Crippen molar-refractivity contribution in [3.05, 3.63) is 29.8 Å². The van der Waals surface area contributed by atoms with E-state index in [1.807, 2.05) is 0 Å². The molecule has 0 N–H and O–H groups in total. The van der Waals surface area contributed by atoms with Crippen LogP contribution in [0.5, 0.6) is 5.75 Å². The van der Waals surface area contributed by atoms with E-state index >= 15 is 0 Å². The maximum absolute atomic E-state index is 6.29. The van der Waals surface area contributed by atoms with Gasteiger partial charge in [0, 0.05) is 5.56 Å². The Labute approximate surface area is 95.6 Å². The molecule has 2 unspecified atom stereocenters. The van der Waals surface area contributed by atoms with E-state index in [2.05, 4.69) is 24.3 Å². The molecule has 0 aromatic heterocycles. The van der Waals surface area contributed by atoms with Crippen LogP contribution in [0.2, 0.25) is 0 Å². The lowest BCUT2D eigenvalue weighted by Crippen LogP contribution is -2.45. The Morgan fingerprint density at radius 1 is 1.06 bits per heavy atom. The lowest BCUT2D eigenvalue weighted by molar-refractivity contribution is 0.00138. The molecule has 2 aliphatic heterocycles. The fourth-order valence-electron chi connectivity index (χ4n) is 3.37. The van der Waals surface area contributed by atoms with Crippen molar-refractivity contribution in [1.29, 1.82) is 0 Å². The molecule has 0 amide bonds. The largest absolute Gasteiger partial charge is 0.484 e. The quantitative estimate of drug-likeness (QED) is 0.621. The molecule has 4 rings (SSSR count). The fraction of sp³-hybridized carbons (Fsp3) is 0.571. The van der Waals surface area contributed by atoms with Crippen LogP contribution in [0.3, 0.4) is 0 Å². The molecule has 1 aromatic rings. The zero-order chi connectivity index (χ0) is 10.6. The topological polar surface area (TPSA) is 21.8 Å². The van der Waals surface area contributed by atoms with E-state index < -0.39 is 0 Å². The van der Waals surface area contributed by atoms with E-state index in [9.17, 15) is 0 Å². The molecule has 1 saturated heterocycles. The number of ether oxygens (including phenoxy) is 2. The zero-order valence-electron chi connectivity index (χ0n) is 9.32. The summed E-state index contributed by atoms with van der Waals surface area (Å²) in [4.78, 5) is 0. The predicted molar refractivity (Wildman–Crippen MR) is 60.5 cm³/mol. The van der Waals surface area contributed by atoms with Crippen LogP contribution < -0.4 is 4.74 Å². The molecular formula is C14H16O2. The second-order valence-corrected chi connectivity index (χ2v) is 5.24. The smallest absolute Gasteiger partial charge is 0.138 e. The minimum atomic E-state index is 0.0112. The normalized spacial score (nSPS) is 33.8. The molecule has 2 atom stereocenters. The third kappa shape index (κ3) is 1.11. The van der Waals surface area contributed by atoms with Crippen LogP contribution in [0.1, 0.15) is 43.8 Å². The van der Waals surface area contributed by atoms with Gasteiger partial charge in [0.25, 0.3) is 0 Å². The molecule has 2 fully saturated rings. The van der Waals surface area contributed by atoms with Gasteiger partial charge in [-0.2, -0.15) is 0 Å². The summed E-state index contributed by atoms with van der Waals surface area (Å²) in [6.45, 7) is 0. The van der Waals surface area contributed by atoms with Crippen molar-refractivity contribution >= 4 is 0 Å². The fourth-order valence-corrected chi connectivity index (χ4v) is 3.37. The van der Waals surface area contributed by atoms with Gasteiger partial charge in [-0.05, 0) is 31.7 Å². The van der Waals surface area contributed by atoms with Crippen LogP contribution in [0.15, 0.2) is 24.3 Å². The highest BCUT2D eigenvalue weighted by Crippen LogP contribution is 2.57. The van der Waals surface area contributed by atoms with Gasteiger partial charge in [0.2, 0.25) is 0 Å². The average Bonchev–Trinajstić information content (AvgIpc) is 3.12. The Morgan fingerprint density at radius 3 is 2.75 bits per heavy atom. The highest BCUT2D eigenvalue weighted by Gasteiger charge is 2.60. The average molecular weight is 216 g/mol. The van der Waals surface area contributed by atoms with Crippen molar-refractivity contribution in [3.63, 3.8) is 0 Å². The molecule has 1 aromatic carbocycles. The minimum Gasteiger partial charge on any atom is -0.484 e. The summed E-state index contributed by atoms with van der Waals surface area (Å²) in [7, 11) is 0. The Bertz CT molecular complexity index is 420. The van der Waals surface area contributed by atoms with Crippen molar-refractivity contribution in [2.75, 3.05) is 0 Å². The van der Waals surface area contributed by atoms with E-state index in [4.69, 9.17) is 9.47 Å². The lowest BCUT2D eigenvalue weighted by Gasteiger charge is -2.39. The number of hydrogen-bond acceptors (Lipinski definition) is 2. The molecule has 3 aliphatic rings. The Hall–Kier alpha value is -1.02. The van der Waals surface area contributed by atoms with E-state index in [-0.39, 0.29) is 5.60 Å². The molecule has 0 bridgehead atoms. The predicted octanol–water partition coefficient (Wildman–Crippen LogP) is 3.22. The minimum absolute atomic E-state index is 0.0112. The number of epoxide rings is 1. The maximum atomic E-state index is 6.29. The molecule has 2 heteroatoms. The van der Waals surface area contributed by atoms with Crippen LogP contribution in [0.25, 0.3) is 0 Å². The highest BCUT2D eigenvalue weighted by molar-refractivity contribution is 5.42. The molecule has 1 saturated carbocycles. The van der Waals surface area contributed by atoms with E-state index in [0.29, 0.717) is 12.2 Å².